The topological polar surface area (TPSA) is 83.8 Å². The summed E-state index contributed by atoms with van der Waals surface area (Å²) in [4.78, 5) is 22.6. The van der Waals surface area contributed by atoms with Crippen LogP contribution in [0.2, 0.25) is 0 Å². The first-order chi connectivity index (χ1) is 3.68. The Morgan fingerprint density at radius 2 is 2.00 bits per heavy atom. The third-order valence-corrected chi connectivity index (χ3v) is 0.434. The quantitative estimate of drug-likeness (QED) is 0.287. The summed E-state index contributed by atoms with van der Waals surface area (Å²) in [6.45, 7) is -0.796. The first-order valence-electron chi connectivity index (χ1n) is 1.71. The van der Waals surface area contributed by atoms with Crippen molar-refractivity contribution in [3.8, 4) is 0 Å². The summed E-state index contributed by atoms with van der Waals surface area (Å²) < 4.78 is 0. The zero-order valence-corrected chi connectivity index (χ0v) is 3.83. The average Bonchev–Trinajstić information content (AvgIpc) is 1.67. The molecule has 0 atom stereocenters. The monoisotopic (exact) mass is 120 g/mol. The maximum atomic E-state index is 9.86. The second-order valence-corrected chi connectivity index (χ2v) is 1.00. The number of aliphatic carboxylic acids is 1. The van der Waals surface area contributed by atoms with Crippen LogP contribution in [0.3, 0.4) is 0 Å². The molecule has 0 fully saturated rings. The first kappa shape index (κ1) is 7.06. The van der Waals surface area contributed by atoms with E-state index in [1.165, 1.54) is 0 Å². The molecule has 5 nitrogen and oxygen atoms in total. The van der Waals surface area contributed by atoms with Crippen molar-refractivity contribution in [3.63, 3.8) is 0 Å². The van der Waals surface area contributed by atoms with Crippen molar-refractivity contribution < 1.29 is 24.8 Å². The minimum Gasteiger partial charge on any atom is -0.475 e. The van der Waals surface area contributed by atoms with Crippen molar-refractivity contribution in [3.05, 3.63) is 0 Å². The maximum Gasteiger partial charge on any atom is 0.374 e. The van der Waals surface area contributed by atoms with Crippen LogP contribution < -0.4 is 0 Å². The van der Waals surface area contributed by atoms with E-state index in [-0.39, 0.29) is 0 Å². The smallest absolute Gasteiger partial charge is 0.374 e. The molecule has 8 heavy (non-hydrogen) atoms. The Morgan fingerprint density at radius 3 is 2.12 bits per heavy atom. The Balaban J connectivity index is 3.49. The number of rotatable bonds is 3. The van der Waals surface area contributed by atoms with E-state index < -0.39 is 18.4 Å². The van der Waals surface area contributed by atoms with Gasteiger partial charge in [-0.3, -0.25) is 10.1 Å². The van der Waals surface area contributed by atoms with E-state index in [2.05, 4.69) is 4.89 Å². The van der Waals surface area contributed by atoms with Crippen molar-refractivity contribution in [2.24, 2.45) is 0 Å². The molecular weight excluding hydrogens is 116 g/mol. The SMILES string of the molecule is O=C(O)C(=O)COO. The van der Waals surface area contributed by atoms with E-state index >= 15 is 0 Å². The van der Waals surface area contributed by atoms with Gasteiger partial charge in [-0.1, -0.05) is 0 Å². The lowest BCUT2D eigenvalue weighted by molar-refractivity contribution is -0.238. The molecule has 0 heterocycles. The van der Waals surface area contributed by atoms with E-state index in [1.54, 1.807) is 0 Å². The first-order valence-corrected chi connectivity index (χ1v) is 1.71. The van der Waals surface area contributed by atoms with Crippen LogP contribution in [0.4, 0.5) is 0 Å². The summed E-state index contributed by atoms with van der Waals surface area (Å²) >= 11 is 0. The van der Waals surface area contributed by atoms with Gasteiger partial charge in [-0.15, -0.1) is 0 Å². The van der Waals surface area contributed by atoms with Gasteiger partial charge in [0, 0.05) is 0 Å². The molecule has 46 valence electrons. The maximum absolute atomic E-state index is 9.86. The van der Waals surface area contributed by atoms with Gasteiger partial charge in [-0.2, -0.15) is 0 Å². The standard InChI is InChI=1S/C3H4O5/c4-2(1-8-7)3(5)6/h7H,1H2,(H,5,6). The molecule has 2 N–H and O–H groups in total. The Morgan fingerprint density at radius 1 is 1.50 bits per heavy atom. The van der Waals surface area contributed by atoms with Gasteiger partial charge in [0.1, 0.15) is 0 Å². The molecule has 0 aromatic heterocycles. The van der Waals surface area contributed by atoms with E-state index in [0.29, 0.717) is 0 Å². The van der Waals surface area contributed by atoms with E-state index in [9.17, 15) is 9.59 Å². The highest BCUT2D eigenvalue weighted by Crippen LogP contribution is 1.71. The molecule has 0 unspecified atom stereocenters. The molecule has 0 aliphatic rings. The molecule has 0 saturated carbocycles. The van der Waals surface area contributed by atoms with Crippen LogP contribution in [0.1, 0.15) is 0 Å². The molecule has 0 saturated heterocycles. The van der Waals surface area contributed by atoms with Crippen molar-refractivity contribution in [1.29, 1.82) is 0 Å². The fraction of sp³-hybridized carbons (Fsp3) is 0.333. The third-order valence-electron chi connectivity index (χ3n) is 0.434. The van der Waals surface area contributed by atoms with Crippen molar-refractivity contribution in [1.82, 2.24) is 0 Å². The van der Waals surface area contributed by atoms with Gasteiger partial charge in [0.25, 0.3) is 5.78 Å². The van der Waals surface area contributed by atoms with Gasteiger partial charge in [0.15, 0.2) is 6.61 Å². The van der Waals surface area contributed by atoms with Crippen LogP contribution >= 0.6 is 0 Å². The molecule has 0 aromatic carbocycles. The largest absolute Gasteiger partial charge is 0.475 e. The van der Waals surface area contributed by atoms with Crippen LogP contribution in [0, 0.1) is 0 Å². The molecular formula is C3H4O5. The van der Waals surface area contributed by atoms with Gasteiger partial charge in [0.2, 0.25) is 0 Å². The van der Waals surface area contributed by atoms with Gasteiger partial charge in [0.05, 0.1) is 0 Å². The highest BCUT2D eigenvalue weighted by molar-refractivity contribution is 6.33. The molecule has 0 spiro atoms. The Hall–Kier alpha value is -0.940. The minimum absolute atomic E-state index is 0.796. The van der Waals surface area contributed by atoms with E-state index in [4.69, 9.17) is 10.4 Å². The van der Waals surface area contributed by atoms with Gasteiger partial charge in [-0.05, 0) is 0 Å². The second kappa shape index (κ2) is 3.11. The number of hydrogen-bond donors (Lipinski definition) is 2. The van der Waals surface area contributed by atoms with E-state index in [0.717, 1.165) is 0 Å². The van der Waals surface area contributed by atoms with E-state index in [1.807, 2.05) is 0 Å². The minimum atomic E-state index is -1.61. The lowest BCUT2D eigenvalue weighted by Gasteiger charge is -1.86. The van der Waals surface area contributed by atoms with Crippen LogP contribution in [0.25, 0.3) is 0 Å². The molecule has 0 aliphatic carbocycles. The summed E-state index contributed by atoms with van der Waals surface area (Å²) in [6, 6.07) is 0. The number of hydrogen-bond acceptors (Lipinski definition) is 4. The van der Waals surface area contributed by atoms with Crippen LogP contribution in [-0.2, 0) is 14.5 Å². The zero-order chi connectivity index (χ0) is 6.57. The molecule has 0 amide bonds. The summed E-state index contributed by atoms with van der Waals surface area (Å²) in [5.41, 5.74) is 0. The normalized spacial score (nSPS) is 8.62. The lowest BCUT2D eigenvalue weighted by atomic mass is 10.4. The molecule has 0 rings (SSSR count). The van der Waals surface area contributed by atoms with Crippen molar-refractivity contribution in [2.45, 2.75) is 0 Å². The average molecular weight is 120 g/mol. The van der Waals surface area contributed by atoms with Crippen LogP contribution in [-0.4, -0.2) is 28.7 Å². The van der Waals surface area contributed by atoms with Gasteiger partial charge < -0.3 is 5.11 Å². The van der Waals surface area contributed by atoms with Crippen LogP contribution in [0.5, 0.6) is 0 Å². The van der Waals surface area contributed by atoms with Gasteiger partial charge in [-0.25, -0.2) is 9.68 Å². The third kappa shape index (κ3) is 2.27. The Bertz CT molecular complexity index is 106. The molecule has 0 aromatic rings. The molecule has 0 radical (unpaired) electrons. The number of carboxylic acids is 1. The predicted molar refractivity (Wildman–Crippen MR) is 21.2 cm³/mol. The number of ketones is 1. The molecule has 0 bridgehead atoms. The second-order valence-electron chi connectivity index (χ2n) is 1.00. The highest BCUT2D eigenvalue weighted by Gasteiger charge is 2.09. The summed E-state index contributed by atoms with van der Waals surface area (Å²) in [5, 5.41) is 15.3. The van der Waals surface area contributed by atoms with Gasteiger partial charge >= 0.3 is 5.97 Å². The highest BCUT2D eigenvalue weighted by atomic mass is 17.1. The number of carbonyl (C=O) groups excluding carboxylic acids is 1. The summed E-state index contributed by atoms with van der Waals surface area (Å²) in [7, 11) is 0. The Kier molecular flexibility index (Phi) is 2.75. The summed E-state index contributed by atoms with van der Waals surface area (Å²) in [5.74, 6) is -2.79. The van der Waals surface area contributed by atoms with Crippen molar-refractivity contribution in [2.75, 3.05) is 6.61 Å². The molecule has 5 heteroatoms. The summed E-state index contributed by atoms with van der Waals surface area (Å²) in [6.07, 6.45) is 0. The Labute approximate surface area is 44.4 Å². The number of carboxylic acid groups (broad SMARTS) is 1. The zero-order valence-electron chi connectivity index (χ0n) is 3.83. The fourth-order valence-electron chi connectivity index (χ4n) is 0.120. The van der Waals surface area contributed by atoms with Crippen LogP contribution in [0.15, 0.2) is 0 Å². The number of Topliss-reactive ketones (excluding diaryl/α,β-unsaturated/α-hetero) is 1. The lowest BCUT2D eigenvalue weighted by Crippen LogP contribution is -2.17. The molecule has 0 aliphatic heterocycles. The number of carbonyl (C=O) groups is 2. The fourth-order valence-corrected chi connectivity index (χ4v) is 0.120. The predicted octanol–water partition coefficient (Wildman–Crippen LogP) is -0.870. The van der Waals surface area contributed by atoms with Crippen molar-refractivity contribution >= 4 is 11.8 Å².